The SMILES string of the molecule is CC/C=C\C/C=C\C/C=C\C/C=C\C/C=C\CC(=O)OCC(COC(=O)CCCCCCCCCCCCCCCCCCCCCCC)OC(=O)C/C=C\C/C=C\C/C=C\C/C=C\C/C=C\CC. The molecule has 0 saturated carbocycles. The first-order valence-electron chi connectivity index (χ1n) is 28.0. The zero-order valence-electron chi connectivity index (χ0n) is 44.5. The van der Waals surface area contributed by atoms with Crippen LogP contribution in [0.2, 0.25) is 0 Å². The fourth-order valence-corrected chi connectivity index (χ4v) is 7.41. The van der Waals surface area contributed by atoms with Crippen LogP contribution in [0.3, 0.4) is 0 Å². The smallest absolute Gasteiger partial charge is 0.310 e. The summed E-state index contributed by atoms with van der Waals surface area (Å²) in [5, 5.41) is 0. The molecule has 6 nitrogen and oxygen atoms in total. The minimum absolute atomic E-state index is 0.0748. The second-order valence-corrected chi connectivity index (χ2v) is 18.1. The standard InChI is InChI=1S/C63H102O6/c1-4-7-10-13-16-19-22-25-28-29-30-31-32-33-36-38-41-44-47-50-53-56-62(65)68-59-60(69-63(66)57-54-51-48-45-42-39-35-27-24-21-18-15-12-9-6-3)58-67-61(64)55-52-49-46-43-40-37-34-26-23-20-17-14-11-8-5-2/h8-9,11-12,17-18,20-21,26-27,34-35,40,42-43,45,49,51-52,54,60H,4-7,10,13-16,19,22-25,28-33,36-39,41,44,46-48,50,53,55-59H2,1-3H3/b11-8-,12-9-,20-17-,21-18-,34-26-,35-27-,43-40-,45-42-,52-49-,54-51-. The molecule has 0 rings (SSSR count). The number of unbranched alkanes of at least 4 members (excludes halogenated alkanes) is 20. The first-order chi connectivity index (χ1) is 34.0. The maximum atomic E-state index is 12.8. The average molecular weight is 956 g/mol. The lowest BCUT2D eigenvalue weighted by Crippen LogP contribution is -2.30. The fourth-order valence-electron chi connectivity index (χ4n) is 7.41. The minimum Gasteiger partial charge on any atom is -0.462 e. The van der Waals surface area contributed by atoms with Gasteiger partial charge in [0, 0.05) is 6.42 Å². The van der Waals surface area contributed by atoms with Gasteiger partial charge in [-0.3, -0.25) is 14.4 Å². The third-order valence-corrected chi connectivity index (χ3v) is 11.5. The third kappa shape index (κ3) is 54.6. The molecule has 0 aliphatic rings. The van der Waals surface area contributed by atoms with E-state index < -0.39 is 18.0 Å². The maximum Gasteiger partial charge on any atom is 0.310 e. The van der Waals surface area contributed by atoms with E-state index in [1.54, 1.807) is 12.2 Å². The van der Waals surface area contributed by atoms with Crippen molar-refractivity contribution in [1.29, 1.82) is 0 Å². The molecular weight excluding hydrogens is 853 g/mol. The van der Waals surface area contributed by atoms with Crippen LogP contribution in [0.15, 0.2) is 122 Å². The Hall–Kier alpha value is -4.19. The number of ether oxygens (including phenoxy) is 3. The molecule has 0 saturated heterocycles. The summed E-state index contributed by atoms with van der Waals surface area (Å²) in [4.78, 5) is 38.0. The van der Waals surface area contributed by atoms with Crippen LogP contribution < -0.4 is 0 Å². The fraction of sp³-hybridized carbons (Fsp3) is 0.635. The molecule has 0 N–H and O–H groups in total. The van der Waals surface area contributed by atoms with Gasteiger partial charge in [-0.15, -0.1) is 0 Å². The number of esters is 3. The van der Waals surface area contributed by atoms with E-state index in [2.05, 4.69) is 118 Å². The van der Waals surface area contributed by atoms with Crippen LogP contribution in [-0.4, -0.2) is 37.2 Å². The van der Waals surface area contributed by atoms with Crippen molar-refractivity contribution in [1.82, 2.24) is 0 Å². The Morgan fingerprint density at radius 2 is 0.565 bits per heavy atom. The summed E-state index contributed by atoms with van der Waals surface area (Å²) in [6, 6.07) is 0. The second kappa shape index (κ2) is 56.4. The number of hydrogen-bond acceptors (Lipinski definition) is 6. The summed E-state index contributed by atoms with van der Waals surface area (Å²) < 4.78 is 16.6. The van der Waals surface area contributed by atoms with Crippen LogP contribution in [0, 0.1) is 0 Å². The highest BCUT2D eigenvalue weighted by atomic mass is 16.6. The van der Waals surface area contributed by atoms with Gasteiger partial charge in [-0.25, -0.2) is 0 Å². The molecule has 1 atom stereocenters. The zero-order valence-corrected chi connectivity index (χ0v) is 44.5. The summed E-state index contributed by atoms with van der Waals surface area (Å²) in [6.45, 7) is 6.24. The highest BCUT2D eigenvalue weighted by molar-refractivity contribution is 5.72. The van der Waals surface area contributed by atoms with Crippen LogP contribution in [0.5, 0.6) is 0 Å². The van der Waals surface area contributed by atoms with Gasteiger partial charge in [0.1, 0.15) is 13.2 Å². The summed E-state index contributed by atoms with van der Waals surface area (Å²) in [6.07, 6.45) is 78.2. The monoisotopic (exact) mass is 955 g/mol. The lowest BCUT2D eigenvalue weighted by atomic mass is 10.0. The van der Waals surface area contributed by atoms with Gasteiger partial charge >= 0.3 is 17.9 Å². The number of rotatable bonds is 49. The molecule has 0 radical (unpaired) electrons. The Bertz CT molecular complexity index is 1470. The van der Waals surface area contributed by atoms with Crippen molar-refractivity contribution in [2.75, 3.05) is 13.2 Å². The molecule has 1 unspecified atom stereocenters. The van der Waals surface area contributed by atoms with Gasteiger partial charge in [-0.2, -0.15) is 0 Å². The van der Waals surface area contributed by atoms with Crippen LogP contribution in [0.25, 0.3) is 0 Å². The number of carbonyl (C=O) groups is 3. The topological polar surface area (TPSA) is 78.9 Å². The van der Waals surface area contributed by atoms with Gasteiger partial charge in [0.05, 0.1) is 12.8 Å². The van der Waals surface area contributed by atoms with Crippen LogP contribution in [0.1, 0.15) is 239 Å². The van der Waals surface area contributed by atoms with Crippen molar-refractivity contribution < 1.29 is 28.6 Å². The van der Waals surface area contributed by atoms with Gasteiger partial charge in [0.2, 0.25) is 0 Å². The molecule has 6 heteroatoms. The van der Waals surface area contributed by atoms with Crippen LogP contribution in [0.4, 0.5) is 0 Å². The number of hydrogen-bond donors (Lipinski definition) is 0. The van der Waals surface area contributed by atoms with Gasteiger partial charge in [0.15, 0.2) is 6.10 Å². The van der Waals surface area contributed by atoms with E-state index in [1.807, 2.05) is 12.2 Å². The first kappa shape index (κ1) is 64.8. The Morgan fingerprint density at radius 3 is 0.884 bits per heavy atom. The lowest BCUT2D eigenvalue weighted by Gasteiger charge is -2.17. The van der Waals surface area contributed by atoms with Crippen molar-refractivity contribution in [3.63, 3.8) is 0 Å². The van der Waals surface area contributed by atoms with Crippen LogP contribution in [-0.2, 0) is 28.6 Å². The normalized spacial score (nSPS) is 13.0. The maximum absolute atomic E-state index is 12.8. The molecule has 0 heterocycles. The van der Waals surface area contributed by atoms with E-state index in [0.29, 0.717) is 12.8 Å². The average Bonchev–Trinajstić information content (AvgIpc) is 3.35. The highest BCUT2D eigenvalue weighted by Crippen LogP contribution is 2.16. The summed E-state index contributed by atoms with van der Waals surface area (Å²) >= 11 is 0. The van der Waals surface area contributed by atoms with Crippen molar-refractivity contribution in [2.45, 2.75) is 245 Å². The molecule has 390 valence electrons. The Labute approximate surface area is 424 Å². The van der Waals surface area contributed by atoms with Gasteiger partial charge in [-0.1, -0.05) is 271 Å². The molecule has 0 fully saturated rings. The summed E-state index contributed by atoms with van der Waals surface area (Å²) in [5.74, 6) is -1.21. The van der Waals surface area contributed by atoms with Crippen molar-refractivity contribution in [3.8, 4) is 0 Å². The van der Waals surface area contributed by atoms with E-state index in [0.717, 1.165) is 77.0 Å². The minimum atomic E-state index is -0.874. The molecule has 0 aromatic heterocycles. The molecule has 0 bridgehead atoms. The third-order valence-electron chi connectivity index (χ3n) is 11.5. The molecule has 69 heavy (non-hydrogen) atoms. The van der Waals surface area contributed by atoms with E-state index >= 15 is 0 Å². The van der Waals surface area contributed by atoms with E-state index in [-0.39, 0.29) is 32.0 Å². The van der Waals surface area contributed by atoms with Gasteiger partial charge in [0.25, 0.3) is 0 Å². The van der Waals surface area contributed by atoms with Crippen molar-refractivity contribution in [3.05, 3.63) is 122 Å². The highest BCUT2D eigenvalue weighted by Gasteiger charge is 2.19. The number of carbonyl (C=O) groups excluding carboxylic acids is 3. The van der Waals surface area contributed by atoms with Crippen molar-refractivity contribution >= 4 is 17.9 Å². The van der Waals surface area contributed by atoms with Gasteiger partial charge in [-0.05, 0) is 70.6 Å². The zero-order chi connectivity index (χ0) is 50.0. The molecular formula is C63H102O6. The van der Waals surface area contributed by atoms with E-state index in [9.17, 15) is 14.4 Å². The molecule has 0 spiro atoms. The summed E-state index contributed by atoms with van der Waals surface area (Å²) in [5.41, 5.74) is 0. The summed E-state index contributed by atoms with van der Waals surface area (Å²) in [7, 11) is 0. The van der Waals surface area contributed by atoms with Crippen molar-refractivity contribution in [2.24, 2.45) is 0 Å². The Morgan fingerprint density at radius 1 is 0.304 bits per heavy atom. The molecule has 0 amide bonds. The van der Waals surface area contributed by atoms with E-state index in [1.165, 1.54) is 116 Å². The molecule has 0 aliphatic heterocycles. The molecule has 0 aliphatic carbocycles. The molecule has 0 aromatic carbocycles. The Balaban J connectivity index is 4.52. The largest absolute Gasteiger partial charge is 0.462 e. The van der Waals surface area contributed by atoms with Gasteiger partial charge < -0.3 is 14.2 Å². The second-order valence-electron chi connectivity index (χ2n) is 18.1. The lowest BCUT2D eigenvalue weighted by molar-refractivity contribution is -0.166. The quantitative estimate of drug-likeness (QED) is 0.0262. The van der Waals surface area contributed by atoms with E-state index in [4.69, 9.17) is 14.2 Å². The number of allylic oxidation sites excluding steroid dienone is 18. The predicted molar refractivity (Wildman–Crippen MR) is 297 cm³/mol. The Kier molecular flexibility index (Phi) is 53.0. The van der Waals surface area contributed by atoms with Crippen LogP contribution >= 0.6 is 0 Å². The first-order valence-corrected chi connectivity index (χ1v) is 28.0. The molecule has 0 aromatic rings. The predicted octanol–water partition coefficient (Wildman–Crippen LogP) is 18.9.